The average molecular weight is 224 g/mol. The smallest absolute Gasteiger partial charge is 0.312 e. The van der Waals surface area contributed by atoms with E-state index < -0.39 is 0 Å². The second-order valence-corrected chi connectivity index (χ2v) is 3.37. The number of pyridine rings is 1. The van der Waals surface area contributed by atoms with Crippen molar-refractivity contribution in [3.05, 3.63) is 23.9 Å². The maximum absolute atomic E-state index is 11.3. The molecule has 2 N–H and O–H groups in total. The summed E-state index contributed by atoms with van der Waals surface area (Å²) in [4.78, 5) is 15.4. The Morgan fingerprint density at radius 3 is 2.88 bits per heavy atom. The Bertz CT molecular complexity index is 338. The molecule has 1 aromatic rings. The topological polar surface area (TPSA) is 71.5 Å². The molecular formula is C11H16N2O3. The zero-order valence-electron chi connectivity index (χ0n) is 9.43. The molecule has 1 heterocycles. The highest BCUT2D eigenvalue weighted by Crippen LogP contribution is 2.16. The van der Waals surface area contributed by atoms with Crippen LogP contribution in [0.5, 0.6) is 0 Å². The van der Waals surface area contributed by atoms with Gasteiger partial charge in [-0.25, -0.2) is 4.98 Å². The summed E-state index contributed by atoms with van der Waals surface area (Å²) in [7, 11) is 1.36. The number of aliphatic hydroxyl groups excluding tert-OH is 1. The zero-order chi connectivity index (χ0) is 12.0. The van der Waals surface area contributed by atoms with Crippen molar-refractivity contribution in [3.63, 3.8) is 0 Å². The fourth-order valence-electron chi connectivity index (χ4n) is 1.26. The lowest BCUT2D eigenvalue weighted by Crippen LogP contribution is -2.12. The lowest BCUT2D eigenvalue weighted by atomic mass is 10.0. The van der Waals surface area contributed by atoms with Crippen LogP contribution in [0.4, 0.5) is 5.82 Å². The standard InChI is InChI=1S/C11H16N2O3/c1-8(11(15)16-2)9-3-4-10(13-7-9)12-5-6-14/h3-4,7-8,14H,5-6H2,1-2H3,(H,12,13)/t8-/m0/s1. The van der Waals surface area contributed by atoms with Gasteiger partial charge in [0.1, 0.15) is 5.82 Å². The van der Waals surface area contributed by atoms with E-state index in [-0.39, 0.29) is 18.5 Å². The van der Waals surface area contributed by atoms with Crippen molar-refractivity contribution in [2.75, 3.05) is 25.6 Å². The number of nitrogens with zero attached hydrogens (tertiary/aromatic N) is 1. The van der Waals surface area contributed by atoms with Gasteiger partial charge < -0.3 is 15.2 Å². The van der Waals surface area contributed by atoms with Gasteiger partial charge in [-0.2, -0.15) is 0 Å². The fraction of sp³-hybridized carbons (Fsp3) is 0.455. The molecule has 0 aromatic carbocycles. The van der Waals surface area contributed by atoms with Gasteiger partial charge in [0, 0.05) is 12.7 Å². The first-order valence-electron chi connectivity index (χ1n) is 5.07. The van der Waals surface area contributed by atoms with Crippen LogP contribution in [0.3, 0.4) is 0 Å². The van der Waals surface area contributed by atoms with Crippen LogP contribution in [0.25, 0.3) is 0 Å². The van der Waals surface area contributed by atoms with E-state index in [1.54, 1.807) is 19.2 Å². The fourth-order valence-corrected chi connectivity index (χ4v) is 1.26. The minimum absolute atomic E-state index is 0.0575. The Kier molecular flexibility index (Phi) is 4.72. The average Bonchev–Trinajstić information content (AvgIpc) is 2.35. The third kappa shape index (κ3) is 3.20. The molecule has 0 unspecified atom stereocenters. The number of carbonyl (C=O) groups is 1. The highest BCUT2D eigenvalue weighted by Gasteiger charge is 2.15. The van der Waals surface area contributed by atoms with E-state index in [0.717, 1.165) is 5.56 Å². The Morgan fingerprint density at radius 1 is 1.62 bits per heavy atom. The molecule has 0 aliphatic carbocycles. The maximum Gasteiger partial charge on any atom is 0.312 e. The van der Waals surface area contributed by atoms with E-state index in [0.29, 0.717) is 12.4 Å². The van der Waals surface area contributed by atoms with Gasteiger partial charge in [0.05, 0.1) is 19.6 Å². The first-order valence-corrected chi connectivity index (χ1v) is 5.07. The molecule has 0 aliphatic heterocycles. The van der Waals surface area contributed by atoms with Crippen molar-refractivity contribution >= 4 is 11.8 Å². The number of hydrogen-bond acceptors (Lipinski definition) is 5. The number of carbonyl (C=O) groups excluding carboxylic acids is 1. The molecule has 1 atom stereocenters. The van der Waals surface area contributed by atoms with Gasteiger partial charge in [-0.3, -0.25) is 4.79 Å². The van der Waals surface area contributed by atoms with Crippen LogP contribution in [-0.4, -0.2) is 36.3 Å². The van der Waals surface area contributed by atoms with Crippen molar-refractivity contribution in [3.8, 4) is 0 Å². The summed E-state index contributed by atoms with van der Waals surface area (Å²) in [6, 6.07) is 3.58. The molecule has 0 radical (unpaired) electrons. The quantitative estimate of drug-likeness (QED) is 0.722. The van der Waals surface area contributed by atoms with Crippen LogP contribution in [0.15, 0.2) is 18.3 Å². The second kappa shape index (κ2) is 6.07. The van der Waals surface area contributed by atoms with Crippen molar-refractivity contribution in [1.29, 1.82) is 0 Å². The minimum atomic E-state index is -0.315. The Morgan fingerprint density at radius 2 is 2.38 bits per heavy atom. The van der Waals surface area contributed by atoms with E-state index in [1.165, 1.54) is 7.11 Å². The zero-order valence-corrected chi connectivity index (χ0v) is 9.43. The summed E-state index contributed by atoms with van der Waals surface area (Å²) in [5.74, 6) is 0.0807. The summed E-state index contributed by atoms with van der Waals surface area (Å²) in [6.45, 7) is 2.28. The number of esters is 1. The van der Waals surface area contributed by atoms with E-state index in [4.69, 9.17) is 5.11 Å². The van der Waals surface area contributed by atoms with Gasteiger partial charge in [0.2, 0.25) is 0 Å². The van der Waals surface area contributed by atoms with Crippen LogP contribution in [0.2, 0.25) is 0 Å². The Hall–Kier alpha value is -1.62. The second-order valence-electron chi connectivity index (χ2n) is 3.37. The van der Waals surface area contributed by atoms with Crippen molar-refractivity contribution in [1.82, 2.24) is 4.98 Å². The normalized spacial score (nSPS) is 11.9. The van der Waals surface area contributed by atoms with Crippen LogP contribution in [-0.2, 0) is 9.53 Å². The monoisotopic (exact) mass is 224 g/mol. The molecule has 1 aromatic heterocycles. The number of methoxy groups -OCH3 is 1. The lowest BCUT2D eigenvalue weighted by Gasteiger charge is -2.10. The molecule has 0 fully saturated rings. The lowest BCUT2D eigenvalue weighted by molar-refractivity contribution is -0.142. The van der Waals surface area contributed by atoms with Crippen LogP contribution >= 0.6 is 0 Å². The molecule has 0 aliphatic rings. The molecule has 0 bridgehead atoms. The summed E-state index contributed by atoms with van der Waals surface area (Å²) in [5, 5.41) is 11.6. The maximum atomic E-state index is 11.3. The first kappa shape index (κ1) is 12.4. The summed E-state index contributed by atoms with van der Waals surface area (Å²) in [6.07, 6.45) is 1.63. The highest BCUT2D eigenvalue weighted by atomic mass is 16.5. The third-order valence-corrected chi connectivity index (χ3v) is 2.26. The Balaban J connectivity index is 2.67. The molecule has 5 nitrogen and oxygen atoms in total. The molecule has 88 valence electrons. The molecule has 0 saturated heterocycles. The first-order chi connectivity index (χ1) is 7.69. The molecule has 0 saturated carbocycles. The van der Waals surface area contributed by atoms with Crippen LogP contribution < -0.4 is 5.32 Å². The number of hydrogen-bond donors (Lipinski definition) is 2. The predicted molar refractivity (Wildman–Crippen MR) is 60.2 cm³/mol. The molecular weight excluding hydrogens is 208 g/mol. The van der Waals surface area contributed by atoms with Gasteiger partial charge in [-0.1, -0.05) is 6.07 Å². The number of nitrogens with one attached hydrogen (secondary N) is 1. The molecule has 0 spiro atoms. The highest BCUT2D eigenvalue weighted by molar-refractivity contribution is 5.77. The van der Waals surface area contributed by atoms with Gasteiger partial charge in [0.25, 0.3) is 0 Å². The molecule has 16 heavy (non-hydrogen) atoms. The molecule has 1 rings (SSSR count). The van der Waals surface area contributed by atoms with Crippen molar-refractivity contribution in [2.45, 2.75) is 12.8 Å². The minimum Gasteiger partial charge on any atom is -0.469 e. The summed E-state index contributed by atoms with van der Waals surface area (Å²) in [5.41, 5.74) is 0.807. The molecule has 0 amide bonds. The van der Waals surface area contributed by atoms with Crippen LogP contribution in [0.1, 0.15) is 18.4 Å². The number of ether oxygens (including phenoxy) is 1. The number of aromatic nitrogens is 1. The number of anilines is 1. The van der Waals surface area contributed by atoms with E-state index in [9.17, 15) is 4.79 Å². The van der Waals surface area contributed by atoms with Gasteiger partial charge >= 0.3 is 5.97 Å². The van der Waals surface area contributed by atoms with Crippen LogP contribution in [0, 0.1) is 0 Å². The van der Waals surface area contributed by atoms with E-state index >= 15 is 0 Å². The third-order valence-electron chi connectivity index (χ3n) is 2.26. The predicted octanol–water partition coefficient (Wildman–Crippen LogP) is 0.762. The summed E-state index contributed by atoms with van der Waals surface area (Å²) < 4.78 is 4.65. The SMILES string of the molecule is COC(=O)[C@@H](C)c1ccc(NCCO)nc1. The van der Waals surface area contributed by atoms with Crippen molar-refractivity contribution < 1.29 is 14.6 Å². The number of rotatable bonds is 5. The summed E-state index contributed by atoms with van der Waals surface area (Å²) >= 11 is 0. The largest absolute Gasteiger partial charge is 0.469 e. The number of aliphatic hydroxyl groups is 1. The van der Waals surface area contributed by atoms with Gasteiger partial charge in [-0.05, 0) is 18.6 Å². The molecule has 5 heteroatoms. The van der Waals surface area contributed by atoms with E-state index in [1.807, 2.05) is 6.07 Å². The van der Waals surface area contributed by atoms with Gasteiger partial charge in [0.15, 0.2) is 0 Å². The van der Waals surface area contributed by atoms with E-state index in [2.05, 4.69) is 15.0 Å². The Labute approximate surface area is 94.5 Å². The van der Waals surface area contributed by atoms with Gasteiger partial charge in [-0.15, -0.1) is 0 Å². The van der Waals surface area contributed by atoms with Crippen molar-refractivity contribution in [2.24, 2.45) is 0 Å².